The van der Waals surface area contributed by atoms with Crippen molar-refractivity contribution in [1.29, 1.82) is 0 Å². The Bertz CT molecular complexity index is 824. The highest BCUT2D eigenvalue weighted by molar-refractivity contribution is 6.00. The van der Waals surface area contributed by atoms with Crippen molar-refractivity contribution in [2.75, 3.05) is 0 Å². The van der Waals surface area contributed by atoms with Crippen molar-refractivity contribution >= 4 is 11.6 Å². The van der Waals surface area contributed by atoms with Crippen LogP contribution in [0.25, 0.3) is 11.3 Å². The third-order valence-electron chi connectivity index (χ3n) is 3.32. The van der Waals surface area contributed by atoms with Crippen molar-refractivity contribution in [3.05, 3.63) is 72.2 Å². The van der Waals surface area contributed by atoms with Gasteiger partial charge in [0, 0.05) is 23.5 Å². The average molecular weight is 305 g/mol. The Morgan fingerprint density at radius 3 is 2.61 bits per heavy atom. The van der Waals surface area contributed by atoms with Crippen LogP contribution in [-0.2, 0) is 0 Å². The highest BCUT2D eigenvalue weighted by atomic mass is 16.2. The number of hydrogen-bond acceptors (Lipinski definition) is 4. The molecular formula is C17H15N5O. The van der Waals surface area contributed by atoms with E-state index in [0.29, 0.717) is 17.1 Å². The Balaban J connectivity index is 1.71. The monoisotopic (exact) mass is 305 g/mol. The molecule has 0 aliphatic heterocycles. The number of rotatable bonds is 4. The van der Waals surface area contributed by atoms with Gasteiger partial charge in [-0.05, 0) is 25.1 Å². The number of carbonyl (C=O) groups is 1. The highest BCUT2D eigenvalue weighted by Crippen LogP contribution is 2.16. The summed E-state index contributed by atoms with van der Waals surface area (Å²) in [6.07, 6.45) is 3.36. The van der Waals surface area contributed by atoms with E-state index in [0.717, 1.165) is 11.1 Å². The van der Waals surface area contributed by atoms with Crippen molar-refractivity contribution in [2.45, 2.75) is 6.92 Å². The lowest BCUT2D eigenvalue weighted by molar-refractivity contribution is 0.0950. The second-order valence-electron chi connectivity index (χ2n) is 4.91. The molecule has 2 heterocycles. The summed E-state index contributed by atoms with van der Waals surface area (Å²) in [6, 6.07) is 15.0. The lowest BCUT2D eigenvalue weighted by Crippen LogP contribution is -2.19. The van der Waals surface area contributed by atoms with E-state index in [2.05, 4.69) is 25.7 Å². The molecule has 3 aromatic rings. The molecule has 0 atom stereocenters. The Hall–Kier alpha value is -3.28. The van der Waals surface area contributed by atoms with Gasteiger partial charge in [-0.2, -0.15) is 10.2 Å². The number of pyridine rings is 1. The second kappa shape index (κ2) is 6.65. The smallest absolute Gasteiger partial charge is 0.272 e. The van der Waals surface area contributed by atoms with Gasteiger partial charge in [0.25, 0.3) is 5.91 Å². The van der Waals surface area contributed by atoms with Crippen LogP contribution in [0.15, 0.2) is 66.0 Å². The molecule has 6 heteroatoms. The topological polar surface area (TPSA) is 83.0 Å². The van der Waals surface area contributed by atoms with Gasteiger partial charge in [0.1, 0.15) is 5.69 Å². The molecule has 0 bridgehead atoms. The lowest BCUT2D eigenvalue weighted by Gasteiger charge is -2.01. The molecule has 0 radical (unpaired) electrons. The van der Waals surface area contributed by atoms with E-state index in [-0.39, 0.29) is 5.91 Å². The summed E-state index contributed by atoms with van der Waals surface area (Å²) < 4.78 is 0. The minimum atomic E-state index is -0.340. The first kappa shape index (κ1) is 14.6. The Morgan fingerprint density at radius 1 is 1.13 bits per heavy atom. The number of nitrogens with one attached hydrogen (secondary N) is 2. The van der Waals surface area contributed by atoms with Crippen LogP contribution in [0.5, 0.6) is 0 Å². The Labute approximate surface area is 133 Å². The lowest BCUT2D eigenvalue weighted by atomic mass is 10.1. The highest BCUT2D eigenvalue weighted by Gasteiger charge is 2.10. The number of H-pyrrole nitrogens is 1. The summed E-state index contributed by atoms with van der Waals surface area (Å²) in [5.74, 6) is -0.340. The molecule has 23 heavy (non-hydrogen) atoms. The molecule has 1 aromatic carbocycles. The fourth-order valence-electron chi connectivity index (χ4n) is 2.05. The molecule has 0 spiro atoms. The van der Waals surface area contributed by atoms with Gasteiger partial charge in [0.15, 0.2) is 0 Å². The van der Waals surface area contributed by atoms with Crippen molar-refractivity contribution in [3.8, 4) is 11.3 Å². The zero-order valence-corrected chi connectivity index (χ0v) is 12.5. The standard InChI is InChI=1S/C17H15N5O/c1-12(13-7-9-18-10-8-13)19-22-17(23)16-11-15(20-21-16)14-5-3-2-4-6-14/h2-11H,1H3,(H,20,21)(H,22,23). The van der Waals surface area contributed by atoms with Crippen molar-refractivity contribution in [3.63, 3.8) is 0 Å². The van der Waals surface area contributed by atoms with E-state index in [9.17, 15) is 4.79 Å². The summed E-state index contributed by atoms with van der Waals surface area (Å²) in [7, 11) is 0. The number of aromatic amines is 1. The predicted molar refractivity (Wildman–Crippen MR) is 87.9 cm³/mol. The molecule has 114 valence electrons. The number of benzene rings is 1. The van der Waals surface area contributed by atoms with Gasteiger partial charge in [-0.1, -0.05) is 30.3 Å². The van der Waals surface area contributed by atoms with Crippen molar-refractivity contribution < 1.29 is 4.79 Å². The Kier molecular flexibility index (Phi) is 4.24. The van der Waals surface area contributed by atoms with Gasteiger partial charge in [0.2, 0.25) is 0 Å². The number of nitrogens with zero attached hydrogens (tertiary/aromatic N) is 3. The summed E-state index contributed by atoms with van der Waals surface area (Å²) in [5.41, 5.74) is 6.13. The average Bonchev–Trinajstić information content (AvgIpc) is 3.11. The molecule has 0 aliphatic carbocycles. The van der Waals surface area contributed by atoms with Crippen LogP contribution >= 0.6 is 0 Å². The Morgan fingerprint density at radius 2 is 1.87 bits per heavy atom. The largest absolute Gasteiger partial charge is 0.289 e. The molecule has 0 unspecified atom stereocenters. The van der Waals surface area contributed by atoms with Crippen LogP contribution in [0.4, 0.5) is 0 Å². The van der Waals surface area contributed by atoms with Crippen LogP contribution in [0, 0.1) is 0 Å². The van der Waals surface area contributed by atoms with Gasteiger partial charge < -0.3 is 0 Å². The van der Waals surface area contributed by atoms with Gasteiger partial charge in [0.05, 0.1) is 11.4 Å². The predicted octanol–water partition coefficient (Wildman–Crippen LogP) is 2.63. The summed E-state index contributed by atoms with van der Waals surface area (Å²) in [5, 5.41) is 11.0. The van der Waals surface area contributed by atoms with E-state index < -0.39 is 0 Å². The molecule has 0 saturated heterocycles. The molecule has 0 aliphatic rings. The van der Waals surface area contributed by atoms with Crippen molar-refractivity contribution in [2.24, 2.45) is 5.10 Å². The molecule has 0 saturated carbocycles. The zero-order valence-electron chi connectivity index (χ0n) is 12.5. The first-order valence-corrected chi connectivity index (χ1v) is 7.10. The van der Waals surface area contributed by atoms with E-state index >= 15 is 0 Å². The summed E-state index contributed by atoms with van der Waals surface area (Å²) in [6.45, 7) is 1.82. The molecule has 1 amide bonds. The van der Waals surface area contributed by atoms with Crippen LogP contribution in [0.3, 0.4) is 0 Å². The quantitative estimate of drug-likeness (QED) is 0.574. The fourth-order valence-corrected chi connectivity index (χ4v) is 2.05. The summed E-state index contributed by atoms with van der Waals surface area (Å²) >= 11 is 0. The second-order valence-corrected chi connectivity index (χ2v) is 4.91. The normalized spacial score (nSPS) is 11.3. The molecule has 2 N–H and O–H groups in total. The zero-order chi connectivity index (χ0) is 16.1. The maximum atomic E-state index is 12.1. The molecule has 3 rings (SSSR count). The van der Waals surface area contributed by atoms with Crippen molar-refractivity contribution in [1.82, 2.24) is 20.6 Å². The van der Waals surface area contributed by atoms with Gasteiger partial charge >= 0.3 is 0 Å². The maximum Gasteiger partial charge on any atom is 0.289 e. The third-order valence-corrected chi connectivity index (χ3v) is 3.32. The minimum Gasteiger partial charge on any atom is -0.272 e. The number of hydrazone groups is 1. The van der Waals surface area contributed by atoms with Crippen LogP contribution in [-0.4, -0.2) is 26.8 Å². The van der Waals surface area contributed by atoms with Crippen LogP contribution in [0.1, 0.15) is 23.0 Å². The number of carbonyl (C=O) groups excluding carboxylic acids is 1. The molecule has 2 aromatic heterocycles. The van der Waals surface area contributed by atoms with E-state index in [1.54, 1.807) is 18.5 Å². The van der Waals surface area contributed by atoms with E-state index in [1.807, 2.05) is 49.4 Å². The van der Waals surface area contributed by atoms with E-state index in [4.69, 9.17) is 0 Å². The van der Waals surface area contributed by atoms with E-state index in [1.165, 1.54) is 0 Å². The SMILES string of the molecule is CC(=NNC(=O)c1cc(-c2ccccc2)n[nH]1)c1ccncc1. The van der Waals surface area contributed by atoms with Crippen LogP contribution < -0.4 is 5.43 Å². The number of amides is 1. The molecular weight excluding hydrogens is 290 g/mol. The molecule has 6 nitrogen and oxygen atoms in total. The molecule has 0 fully saturated rings. The first-order chi connectivity index (χ1) is 11.2. The van der Waals surface area contributed by atoms with Gasteiger partial charge in [-0.3, -0.25) is 14.9 Å². The number of aromatic nitrogens is 3. The number of hydrogen-bond donors (Lipinski definition) is 2. The summed E-state index contributed by atoms with van der Waals surface area (Å²) in [4.78, 5) is 16.1. The van der Waals surface area contributed by atoms with Gasteiger partial charge in [-0.25, -0.2) is 5.43 Å². The van der Waals surface area contributed by atoms with Crippen LogP contribution in [0.2, 0.25) is 0 Å². The van der Waals surface area contributed by atoms with Gasteiger partial charge in [-0.15, -0.1) is 0 Å². The third kappa shape index (κ3) is 3.49. The minimum absolute atomic E-state index is 0.340. The fraction of sp³-hybridized carbons (Fsp3) is 0.0588. The first-order valence-electron chi connectivity index (χ1n) is 7.10. The maximum absolute atomic E-state index is 12.1.